The lowest BCUT2D eigenvalue weighted by Gasteiger charge is -2.34. The molecule has 0 aliphatic carbocycles. The van der Waals surface area contributed by atoms with E-state index in [9.17, 15) is 74.4 Å². The van der Waals surface area contributed by atoms with Gasteiger partial charge in [-0.05, 0) is 98.6 Å². The third-order valence-corrected chi connectivity index (χ3v) is 15.9. The second kappa shape index (κ2) is 30.4. The predicted octanol–water partition coefficient (Wildman–Crippen LogP) is -0.341. The zero-order valence-corrected chi connectivity index (χ0v) is 49.6. The molecule has 6 unspecified atom stereocenters. The lowest BCUT2D eigenvalue weighted by molar-refractivity contribution is -0.149. The summed E-state index contributed by atoms with van der Waals surface area (Å²) in [6.45, 7) is 5.69. The van der Waals surface area contributed by atoms with Crippen LogP contribution in [0.15, 0.2) is 97.1 Å². The zero-order valence-electron chi connectivity index (χ0n) is 49.6. The SMILES string of the molecule is CCCCCOc1ccc(-c2ccc(-c3ccc(C(=O)N[C@H]4C[C@@H](O)C(OCCN(C)C)NC(=O)C5[C@@H](O)[C@@H](C)CN5C(=O)C([C@@H](C)O)NC(=O)C([C@H](O)[C@@H](O)c5ccc(O)cc5)NC(=O)C5C[C@@H](O)CN5C(=O)C([C@@H](C)O)NC4=O)cc3)cc2)cc1. The molecule has 87 heavy (non-hydrogen) atoms. The maximum Gasteiger partial charge on any atom is 0.251 e. The fraction of sp³-hybridized carbons (Fsp3) is 0.500. The smallest absolute Gasteiger partial charge is 0.251 e. The van der Waals surface area contributed by atoms with Crippen LogP contribution in [0.25, 0.3) is 22.3 Å². The average molecular weight is 1210 g/mol. The third kappa shape index (κ3) is 16.9. The number of likely N-dealkylation sites (N-methyl/N-ethyl adjacent to an activating group) is 1. The van der Waals surface area contributed by atoms with Crippen molar-refractivity contribution in [2.45, 2.75) is 145 Å². The number of nitrogens with zero attached hydrogens (tertiary/aromatic N) is 3. The van der Waals surface area contributed by atoms with E-state index in [1.54, 1.807) is 31.1 Å². The number of phenols is 1. The van der Waals surface area contributed by atoms with Crippen LogP contribution in [-0.2, 0) is 33.5 Å². The second-order valence-electron chi connectivity index (χ2n) is 22.9. The molecule has 4 aromatic carbocycles. The highest BCUT2D eigenvalue weighted by Gasteiger charge is 2.50. The molecule has 472 valence electrons. The van der Waals surface area contributed by atoms with Crippen LogP contribution < -0.4 is 31.3 Å². The molecular formula is C62H82N8O17. The number of unbranched alkanes of at least 4 members (excludes halogenated alkanes) is 2. The first-order chi connectivity index (χ1) is 41.4. The van der Waals surface area contributed by atoms with E-state index >= 15 is 0 Å². The Morgan fingerprint density at radius 3 is 1.76 bits per heavy atom. The van der Waals surface area contributed by atoms with Crippen molar-refractivity contribution in [3.05, 3.63) is 108 Å². The van der Waals surface area contributed by atoms with E-state index in [1.165, 1.54) is 43.3 Å². The molecule has 3 heterocycles. The van der Waals surface area contributed by atoms with E-state index in [2.05, 4.69) is 33.5 Å². The molecule has 0 saturated carbocycles. The van der Waals surface area contributed by atoms with Crippen molar-refractivity contribution in [1.82, 2.24) is 41.3 Å². The Balaban J connectivity index is 1.22. The molecule has 7 amide bonds. The van der Waals surface area contributed by atoms with Crippen molar-refractivity contribution < 1.29 is 83.9 Å². The van der Waals surface area contributed by atoms with Crippen LogP contribution in [0.1, 0.15) is 81.8 Å². The highest BCUT2D eigenvalue weighted by molar-refractivity contribution is 6.00. The van der Waals surface area contributed by atoms with Gasteiger partial charge in [-0.3, -0.25) is 33.6 Å². The molecule has 0 radical (unpaired) electrons. The van der Waals surface area contributed by atoms with Crippen molar-refractivity contribution in [2.75, 3.05) is 46.9 Å². The number of hydrogen-bond acceptors (Lipinski definition) is 18. The quantitative estimate of drug-likeness (QED) is 0.0567. The van der Waals surface area contributed by atoms with Crippen LogP contribution in [0.4, 0.5) is 0 Å². The van der Waals surface area contributed by atoms with E-state index in [4.69, 9.17) is 9.47 Å². The first-order valence-electron chi connectivity index (χ1n) is 29.3. The van der Waals surface area contributed by atoms with Crippen molar-refractivity contribution in [3.63, 3.8) is 0 Å². The van der Waals surface area contributed by atoms with Gasteiger partial charge in [0.05, 0.1) is 37.6 Å². The number of rotatable bonds is 18. The Morgan fingerprint density at radius 2 is 1.20 bits per heavy atom. The number of carbonyl (C=O) groups excluding carboxylic acids is 7. The summed E-state index contributed by atoms with van der Waals surface area (Å²) in [5.74, 6) is -8.26. The summed E-state index contributed by atoms with van der Waals surface area (Å²) in [5.41, 5.74) is 3.47. The summed E-state index contributed by atoms with van der Waals surface area (Å²) in [4.78, 5) is 105. The van der Waals surface area contributed by atoms with Gasteiger partial charge in [0.25, 0.3) is 5.91 Å². The molecule has 3 fully saturated rings. The van der Waals surface area contributed by atoms with E-state index in [-0.39, 0.29) is 36.6 Å². The number of fused-ring (bicyclic) bond motifs is 2. The Hall–Kier alpha value is -7.59. The van der Waals surface area contributed by atoms with Gasteiger partial charge in [0, 0.05) is 44.0 Å². The maximum atomic E-state index is 14.8. The number of ether oxygens (including phenoxy) is 2. The molecule has 0 spiro atoms. The molecule has 3 aliphatic heterocycles. The predicted molar refractivity (Wildman–Crippen MR) is 316 cm³/mol. The number of aliphatic hydroxyl groups is 7. The minimum atomic E-state index is -2.29. The van der Waals surface area contributed by atoms with Gasteiger partial charge < -0.3 is 91.6 Å². The molecule has 15 atom stereocenters. The summed E-state index contributed by atoms with van der Waals surface area (Å²) in [5, 5.41) is 102. The lowest BCUT2D eigenvalue weighted by atomic mass is 9.96. The van der Waals surface area contributed by atoms with Crippen LogP contribution in [0.5, 0.6) is 11.5 Å². The number of amides is 7. The van der Waals surface area contributed by atoms with Gasteiger partial charge in [-0.25, -0.2) is 0 Å². The van der Waals surface area contributed by atoms with Gasteiger partial charge in [0.1, 0.15) is 66.1 Å². The van der Waals surface area contributed by atoms with E-state index in [0.717, 1.165) is 70.9 Å². The summed E-state index contributed by atoms with van der Waals surface area (Å²) >= 11 is 0. The number of aliphatic hydroxyl groups excluding tert-OH is 7. The monoisotopic (exact) mass is 1210 g/mol. The van der Waals surface area contributed by atoms with E-state index in [0.29, 0.717) is 6.61 Å². The third-order valence-electron chi connectivity index (χ3n) is 15.9. The lowest BCUT2D eigenvalue weighted by Crippen LogP contribution is -2.64. The average Bonchev–Trinajstić information content (AvgIpc) is 2.34. The fourth-order valence-corrected chi connectivity index (χ4v) is 10.7. The Bertz CT molecular complexity index is 2990. The molecule has 4 aromatic rings. The minimum absolute atomic E-state index is 0.0451. The number of phenolic OH excluding ortho intramolecular Hbond substituents is 1. The van der Waals surface area contributed by atoms with Gasteiger partial charge in [0.2, 0.25) is 35.4 Å². The summed E-state index contributed by atoms with van der Waals surface area (Å²) in [6.07, 6.45) is -12.6. The normalized spacial score (nSPS) is 26.7. The van der Waals surface area contributed by atoms with Crippen LogP contribution in [0.3, 0.4) is 0 Å². The Kier molecular flexibility index (Phi) is 23.4. The Labute approximate surface area is 504 Å². The summed E-state index contributed by atoms with van der Waals surface area (Å²) < 4.78 is 11.9. The van der Waals surface area contributed by atoms with Crippen LogP contribution in [-0.4, -0.2) is 223 Å². The fourth-order valence-electron chi connectivity index (χ4n) is 10.7. The van der Waals surface area contributed by atoms with E-state index < -0.39 is 152 Å². The van der Waals surface area contributed by atoms with Crippen molar-refractivity contribution in [3.8, 4) is 33.8 Å². The van der Waals surface area contributed by atoms with Crippen molar-refractivity contribution in [1.29, 1.82) is 0 Å². The van der Waals surface area contributed by atoms with E-state index in [1.807, 2.05) is 48.5 Å². The largest absolute Gasteiger partial charge is 0.508 e. The zero-order chi connectivity index (χ0) is 63.4. The maximum absolute atomic E-state index is 14.8. The van der Waals surface area contributed by atoms with Gasteiger partial charge >= 0.3 is 0 Å². The highest BCUT2D eigenvalue weighted by atomic mass is 16.5. The number of benzene rings is 4. The van der Waals surface area contributed by atoms with Gasteiger partial charge in [-0.2, -0.15) is 0 Å². The molecular weight excluding hydrogens is 1130 g/mol. The molecule has 3 aliphatic rings. The number of aromatic hydroxyl groups is 1. The first kappa shape index (κ1) is 66.9. The van der Waals surface area contributed by atoms with Gasteiger partial charge in [-0.15, -0.1) is 0 Å². The number of carbonyl (C=O) groups is 7. The highest BCUT2D eigenvalue weighted by Crippen LogP contribution is 2.30. The summed E-state index contributed by atoms with van der Waals surface area (Å²) in [6, 6.07) is 15.2. The first-order valence-corrected chi connectivity index (χ1v) is 29.3. The van der Waals surface area contributed by atoms with Crippen molar-refractivity contribution in [2.24, 2.45) is 5.92 Å². The summed E-state index contributed by atoms with van der Waals surface area (Å²) in [7, 11) is 3.43. The Morgan fingerprint density at radius 1 is 0.655 bits per heavy atom. The van der Waals surface area contributed by atoms with Crippen molar-refractivity contribution >= 4 is 41.4 Å². The van der Waals surface area contributed by atoms with Gasteiger partial charge in [0.15, 0.2) is 6.23 Å². The van der Waals surface area contributed by atoms with Crippen LogP contribution in [0.2, 0.25) is 0 Å². The molecule has 0 aromatic heterocycles. The molecule has 25 heteroatoms. The number of nitrogens with one attached hydrogen (secondary N) is 5. The topological polar surface area (TPSA) is 370 Å². The molecule has 25 nitrogen and oxygen atoms in total. The van der Waals surface area contributed by atoms with Crippen LogP contribution >= 0.6 is 0 Å². The van der Waals surface area contributed by atoms with Crippen LogP contribution in [0, 0.1) is 5.92 Å². The molecule has 7 rings (SSSR count). The molecule has 13 N–H and O–H groups in total. The second-order valence-corrected chi connectivity index (χ2v) is 22.9. The molecule has 3 saturated heterocycles. The van der Waals surface area contributed by atoms with Gasteiger partial charge in [-0.1, -0.05) is 87.4 Å². The standard InChI is InChI=1S/C62H82N8O17/c1-7-8-9-27-86-44-24-20-39(21-25-44)37-12-10-36(11-13-37)38-14-16-41(17-15-38)55(79)63-45-30-47(75)60(87-28-26-68(5)6)67-59(83)51-52(76)33(2)31-70(51)62(85)49(35(4)72)65-58(82)50(54(78)53(77)40-18-22-42(73)23-19-40)66-57(81)46-29-43(74)32-69(46)61(84)48(34(3)71)64-56(45)80/h10-25,33-35,43,45-54,60,71-78H,7-9,26-32H2,1-6H3,(H,63,79)(H,64,80)(H,65,82)(H,66,81)(H,67,83)/t33-,34+,35+,43+,45-,46?,47+,48?,49?,50?,51?,52-,53-,54-,60?/m0/s1. The molecule has 0 bridgehead atoms. The number of hydrogen-bond donors (Lipinski definition) is 13. The minimum Gasteiger partial charge on any atom is -0.508 e.